The van der Waals surface area contributed by atoms with Gasteiger partial charge in [-0.3, -0.25) is 4.79 Å². The third-order valence-corrected chi connectivity index (χ3v) is 2.57. The second-order valence-electron chi connectivity index (χ2n) is 3.61. The third-order valence-electron chi connectivity index (χ3n) is 2.57. The molecule has 1 aliphatic heterocycles. The first kappa shape index (κ1) is 9.71. The highest BCUT2D eigenvalue weighted by Gasteiger charge is 2.15. The average molecular weight is 204 g/mol. The van der Waals surface area contributed by atoms with E-state index in [0.29, 0.717) is 12.1 Å². The monoisotopic (exact) mass is 204 g/mol. The summed E-state index contributed by atoms with van der Waals surface area (Å²) in [6.07, 6.45) is 1.26. The number of rotatable bonds is 1. The van der Waals surface area contributed by atoms with E-state index in [1.54, 1.807) is 6.92 Å². The third kappa shape index (κ3) is 1.83. The molecule has 0 spiro atoms. The molecule has 0 atom stereocenters. The second kappa shape index (κ2) is 3.73. The Balaban J connectivity index is 2.39. The number of hydrogen-bond donors (Lipinski definition) is 2. The van der Waals surface area contributed by atoms with Crippen LogP contribution in [0.1, 0.15) is 24.5 Å². The maximum atomic E-state index is 11.1. The van der Waals surface area contributed by atoms with E-state index in [0.717, 1.165) is 23.2 Å². The lowest BCUT2D eigenvalue weighted by molar-refractivity contribution is -0.116. The number of carbonyl (C=O) groups is 1. The molecule has 1 heterocycles. The first-order chi connectivity index (χ1) is 7.20. The van der Waals surface area contributed by atoms with Gasteiger partial charge < -0.3 is 10.5 Å². The lowest BCUT2D eigenvalue weighted by Gasteiger charge is -2.17. The SMILES string of the molecule is CC(=NO)c1ccc2c(c1)CCC(=O)N2. The van der Waals surface area contributed by atoms with Gasteiger partial charge in [0.05, 0.1) is 5.71 Å². The van der Waals surface area contributed by atoms with Crippen molar-refractivity contribution in [3.63, 3.8) is 0 Å². The molecule has 1 amide bonds. The first-order valence-corrected chi connectivity index (χ1v) is 4.82. The first-order valence-electron chi connectivity index (χ1n) is 4.82. The fourth-order valence-electron chi connectivity index (χ4n) is 1.67. The summed E-state index contributed by atoms with van der Waals surface area (Å²) in [4.78, 5) is 11.1. The van der Waals surface area contributed by atoms with E-state index in [-0.39, 0.29) is 5.91 Å². The Bertz CT molecular complexity index is 438. The predicted molar refractivity (Wildman–Crippen MR) is 57.4 cm³/mol. The van der Waals surface area contributed by atoms with Gasteiger partial charge in [0.25, 0.3) is 0 Å². The minimum atomic E-state index is 0.0581. The van der Waals surface area contributed by atoms with Crippen LogP contribution < -0.4 is 5.32 Å². The summed E-state index contributed by atoms with van der Waals surface area (Å²) in [5.41, 5.74) is 3.41. The molecule has 1 aromatic carbocycles. The van der Waals surface area contributed by atoms with Gasteiger partial charge in [-0.05, 0) is 36.6 Å². The van der Waals surface area contributed by atoms with Crippen LogP contribution in [-0.2, 0) is 11.2 Å². The number of hydrogen-bond acceptors (Lipinski definition) is 3. The Morgan fingerprint density at radius 2 is 2.27 bits per heavy atom. The molecule has 0 aromatic heterocycles. The lowest BCUT2D eigenvalue weighted by Crippen LogP contribution is -2.19. The van der Waals surface area contributed by atoms with Gasteiger partial charge in [0, 0.05) is 12.1 Å². The largest absolute Gasteiger partial charge is 0.411 e. The van der Waals surface area contributed by atoms with E-state index < -0.39 is 0 Å². The number of anilines is 1. The number of fused-ring (bicyclic) bond motifs is 1. The van der Waals surface area contributed by atoms with Gasteiger partial charge in [-0.25, -0.2) is 0 Å². The number of nitrogens with zero attached hydrogens (tertiary/aromatic N) is 1. The zero-order valence-corrected chi connectivity index (χ0v) is 8.45. The molecule has 4 nitrogen and oxygen atoms in total. The molecular weight excluding hydrogens is 192 g/mol. The van der Waals surface area contributed by atoms with Crippen LogP contribution in [0, 0.1) is 0 Å². The van der Waals surface area contributed by atoms with Crippen molar-refractivity contribution in [2.75, 3.05) is 5.32 Å². The molecule has 1 aromatic rings. The van der Waals surface area contributed by atoms with Crippen LogP contribution in [0.3, 0.4) is 0 Å². The van der Waals surface area contributed by atoms with Crippen molar-refractivity contribution in [1.29, 1.82) is 0 Å². The minimum absolute atomic E-state index is 0.0581. The summed E-state index contributed by atoms with van der Waals surface area (Å²) in [7, 11) is 0. The standard InChI is InChI=1S/C11H12N2O2/c1-7(13-15)8-2-4-10-9(6-8)3-5-11(14)12-10/h2,4,6,15H,3,5H2,1H3,(H,12,14). The van der Waals surface area contributed by atoms with Crippen molar-refractivity contribution in [3.05, 3.63) is 29.3 Å². The van der Waals surface area contributed by atoms with E-state index in [4.69, 9.17) is 5.21 Å². The van der Waals surface area contributed by atoms with Crippen molar-refractivity contribution in [1.82, 2.24) is 0 Å². The van der Waals surface area contributed by atoms with Crippen LogP contribution in [0.4, 0.5) is 5.69 Å². The van der Waals surface area contributed by atoms with Gasteiger partial charge in [-0.15, -0.1) is 0 Å². The number of carbonyl (C=O) groups excluding carboxylic acids is 1. The Kier molecular flexibility index (Phi) is 2.41. The van der Waals surface area contributed by atoms with E-state index in [1.165, 1.54) is 0 Å². The van der Waals surface area contributed by atoms with Crippen LogP contribution in [0.25, 0.3) is 0 Å². The molecule has 2 rings (SSSR count). The fourth-order valence-corrected chi connectivity index (χ4v) is 1.67. The molecular formula is C11H12N2O2. The maximum absolute atomic E-state index is 11.1. The number of nitrogens with one attached hydrogen (secondary N) is 1. The molecule has 0 radical (unpaired) electrons. The average Bonchev–Trinajstić information content (AvgIpc) is 2.27. The zero-order chi connectivity index (χ0) is 10.8. The minimum Gasteiger partial charge on any atom is -0.411 e. The van der Waals surface area contributed by atoms with E-state index >= 15 is 0 Å². The normalized spacial score (nSPS) is 15.8. The maximum Gasteiger partial charge on any atom is 0.224 e. The molecule has 78 valence electrons. The highest BCUT2D eigenvalue weighted by Crippen LogP contribution is 2.23. The molecule has 0 saturated heterocycles. The molecule has 0 saturated carbocycles. The van der Waals surface area contributed by atoms with Gasteiger partial charge >= 0.3 is 0 Å². The van der Waals surface area contributed by atoms with Gasteiger partial charge in [0.2, 0.25) is 5.91 Å². The number of amides is 1. The summed E-state index contributed by atoms with van der Waals surface area (Å²) in [5, 5.41) is 14.6. The van der Waals surface area contributed by atoms with Gasteiger partial charge in [-0.1, -0.05) is 11.2 Å². The second-order valence-corrected chi connectivity index (χ2v) is 3.61. The molecule has 4 heteroatoms. The van der Waals surface area contributed by atoms with Crippen molar-refractivity contribution in [2.45, 2.75) is 19.8 Å². The van der Waals surface area contributed by atoms with Crippen LogP contribution in [0.15, 0.2) is 23.4 Å². The van der Waals surface area contributed by atoms with E-state index in [9.17, 15) is 4.79 Å². The number of oxime groups is 1. The Labute approximate surface area is 87.6 Å². The van der Waals surface area contributed by atoms with E-state index in [2.05, 4.69) is 10.5 Å². The highest BCUT2D eigenvalue weighted by atomic mass is 16.4. The van der Waals surface area contributed by atoms with Crippen molar-refractivity contribution in [2.24, 2.45) is 5.16 Å². The number of aryl methyl sites for hydroxylation is 1. The summed E-state index contributed by atoms with van der Waals surface area (Å²) in [5.74, 6) is 0.0581. The predicted octanol–water partition coefficient (Wildman–Crippen LogP) is 1.77. The van der Waals surface area contributed by atoms with Crippen molar-refractivity contribution < 1.29 is 10.0 Å². The zero-order valence-electron chi connectivity index (χ0n) is 8.45. The van der Waals surface area contributed by atoms with Crippen molar-refractivity contribution in [3.8, 4) is 0 Å². The summed E-state index contributed by atoms with van der Waals surface area (Å²) >= 11 is 0. The molecule has 0 bridgehead atoms. The molecule has 15 heavy (non-hydrogen) atoms. The summed E-state index contributed by atoms with van der Waals surface area (Å²) in [6, 6.07) is 5.62. The van der Waals surface area contributed by atoms with Gasteiger partial charge in [0.1, 0.15) is 0 Å². The Morgan fingerprint density at radius 1 is 1.47 bits per heavy atom. The molecule has 1 aliphatic rings. The molecule has 0 aliphatic carbocycles. The summed E-state index contributed by atoms with van der Waals surface area (Å²) in [6.45, 7) is 1.74. The molecule has 0 unspecified atom stereocenters. The Morgan fingerprint density at radius 3 is 3.00 bits per heavy atom. The van der Waals surface area contributed by atoms with Crippen molar-refractivity contribution >= 4 is 17.3 Å². The lowest BCUT2D eigenvalue weighted by atomic mass is 9.99. The summed E-state index contributed by atoms with van der Waals surface area (Å²) < 4.78 is 0. The van der Waals surface area contributed by atoms with Gasteiger partial charge in [0.15, 0.2) is 0 Å². The highest BCUT2D eigenvalue weighted by molar-refractivity contribution is 6.00. The van der Waals surface area contributed by atoms with Crippen LogP contribution in [0.2, 0.25) is 0 Å². The van der Waals surface area contributed by atoms with E-state index in [1.807, 2.05) is 18.2 Å². The quantitative estimate of drug-likeness (QED) is 0.416. The Hall–Kier alpha value is -1.84. The van der Waals surface area contributed by atoms with Gasteiger partial charge in [-0.2, -0.15) is 0 Å². The molecule has 0 fully saturated rings. The topological polar surface area (TPSA) is 61.7 Å². The smallest absolute Gasteiger partial charge is 0.224 e. The molecule has 2 N–H and O–H groups in total. The number of benzene rings is 1. The van der Waals surface area contributed by atoms with Crippen LogP contribution >= 0.6 is 0 Å². The van der Waals surface area contributed by atoms with Crippen LogP contribution in [0.5, 0.6) is 0 Å². The van der Waals surface area contributed by atoms with Crippen LogP contribution in [-0.4, -0.2) is 16.8 Å². The fraction of sp³-hybridized carbons (Fsp3) is 0.273.